The summed E-state index contributed by atoms with van der Waals surface area (Å²) in [5.41, 5.74) is 0.791. The number of nitrogens with zero attached hydrogens (tertiary/aromatic N) is 2. The topological polar surface area (TPSA) is 88.2 Å². The lowest BCUT2D eigenvalue weighted by atomic mass is 10.1. The number of methoxy groups -OCH3 is 2. The molecule has 27 heavy (non-hydrogen) atoms. The van der Waals surface area contributed by atoms with Crippen LogP contribution in [0.5, 0.6) is 11.5 Å². The number of carbonyl (C=O) groups excluding carboxylic acids is 3. The van der Waals surface area contributed by atoms with Crippen LogP contribution in [0.25, 0.3) is 6.08 Å². The van der Waals surface area contributed by atoms with Gasteiger partial charge in [0.05, 0.1) is 14.2 Å². The van der Waals surface area contributed by atoms with Crippen LogP contribution in [0.15, 0.2) is 23.9 Å². The first kappa shape index (κ1) is 18.8. The zero-order valence-corrected chi connectivity index (χ0v) is 15.5. The molecule has 1 aromatic carbocycles. The van der Waals surface area contributed by atoms with Crippen LogP contribution in [0, 0.1) is 0 Å². The molecule has 0 saturated carbocycles. The molecule has 0 aliphatic carbocycles. The maximum Gasteiger partial charge on any atom is 0.329 e. The molecule has 0 aromatic heterocycles. The minimum Gasteiger partial charge on any atom is -0.493 e. The van der Waals surface area contributed by atoms with E-state index in [1.54, 1.807) is 29.2 Å². The highest BCUT2D eigenvalue weighted by atomic mass is 16.5. The molecule has 2 fully saturated rings. The molecule has 0 bridgehead atoms. The molecule has 2 heterocycles. The van der Waals surface area contributed by atoms with E-state index in [0.29, 0.717) is 30.2 Å². The molecule has 4 amide bonds. The zero-order valence-electron chi connectivity index (χ0n) is 15.5. The summed E-state index contributed by atoms with van der Waals surface area (Å²) in [6.45, 7) is 1.11. The lowest BCUT2D eigenvalue weighted by molar-refractivity contribution is -0.136. The van der Waals surface area contributed by atoms with E-state index in [1.165, 1.54) is 14.2 Å². The number of imide groups is 1. The Labute approximate surface area is 157 Å². The van der Waals surface area contributed by atoms with Crippen LogP contribution in [0.1, 0.15) is 24.8 Å². The minimum absolute atomic E-state index is 0.124. The smallest absolute Gasteiger partial charge is 0.329 e. The number of piperidine rings is 1. The van der Waals surface area contributed by atoms with E-state index in [0.717, 1.165) is 24.2 Å². The monoisotopic (exact) mass is 373 g/mol. The number of ether oxygens (including phenoxy) is 2. The van der Waals surface area contributed by atoms with Crippen molar-refractivity contribution >= 4 is 23.9 Å². The lowest BCUT2D eigenvalue weighted by Gasteiger charge is -2.27. The van der Waals surface area contributed by atoms with Crippen LogP contribution in [-0.4, -0.2) is 61.5 Å². The highest BCUT2D eigenvalue weighted by Gasteiger charge is 2.36. The second-order valence-electron chi connectivity index (χ2n) is 6.44. The Morgan fingerprint density at radius 1 is 1.11 bits per heavy atom. The van der Waals surface area contributed by atoms with E-state index in [2.05, 4.69) is 5.32 Å². The molecular weight excluding hydrogens is 350 g/mol. The van der Waals surface area contributed by atoms with E-state index in [1.807, 2.05) is 0 Å². The Bertz CT molecular complexity index is 784. The van der Waals surface area contributed by atoms with E-state index in [9.17, 15) is 14.4 Å². The largest absolute Gasteiger partial charge is 0.493 e. The summed E-state index contributed by atoms with van der Waals surface area (Å²) in [4.78, 5) is 39.8. The second-order valence-corrected chi connectivity index (χ2v) is 6.44. The number of hydrogen-bond acceptors (Lipinski definition) is 5. The van der Waals surface area contributed by atoms with Gasteiger partial charge in [0.25, 0.3) is 5.91 Å². The third kappa shape index (κ3) is 4.05. The van der Waals surface area contributed by atoms with Gasteiger partial charge in [-0.2, -0.15) is 0 Å². The minimum atomic E-state index is -0.586. The molecule has 3 rings (SSSR count). The van der Waals surface area contributed by atoms with Crippen molar-refractivity contribution in [3.05, 3.63) is 29.5 Å². The van der Waals surface area contributed by atoms with Gasteiger partial charge in [0.15, 0.2) is 11.5 Å². The molecule has 8 nitrogen and oxygen atoms in total. The Morgan fingerprint density at radius 3 is 2.48 bits per heavy atom. The van der Waals surface area contributed by atoms with E-state index >= 15 is 0 Å². The fourth-order valence-electron chi connectivity index (χ4n) is 3.20. The molecule has 0 spiro atoms. The third-order valence-electron chi connectivity index (χ3n) is 4.68. The number of benzene rings is 1. The first-order valence-electron chi connectivity index (χ1n) is 8.88. The average molecular weight is 373 g/mol. The summed E-state index contributed by atoms with van der Waals surface area (Å²) >= 11 is 0. The maximum absolute atomic E-state index is 12.6. The number of hydrogen-bond donors (Lipinski definition) is 1. The van der Waals surface area contributed by atoms with Crippen LogP contribution >= 0.6 is 0 Å². The first-order chi connectivity index (χ1) is 13.0. The van der Waals surface area contributed by atoms with Gasteiger partial charge in [-0.25, -0.2) is 9.69 Å². The van der Waals surface area contributed by atoms with Crippen molar-refractivity contribution in [2.24, 2.45) is 0 Å². The molecular formula is C19H23N3O5. The molecule has 2 aliphatic rings. The van der Waals surface area contributed by atoms with Gasteiger partial charge in [-0.3, -0.25) is 9.59 Å². The van der Waals surface area contributed by atoms with Crippen LogP contribution in [0.2, 0.25) is 0 Å². The standard InChI is InChI=1S/C19H23N3O5/c1-26-15-7-6-13(11-16(15)27-2)10-14-18(24)22(19(25)20-14)12-17(23)21-8-4-3-5-9-21/h6-7,10-11H,3-5,8-9,12H2,1-2H3,(H,20,25)/b14-10-. The predicted octanol–water partition coefficient (Wildman–Crippen LogP) is 1.61. The number of amides is 4. The number of likely N-dealkylation sites (tertiary alicyclic amines) is 1. The molecule has 2 aliphatic heterocycles. The summed E-state index contributed by atoms with van der Waals surface area (Å²) in [7, 11) is 3.05. The number of nitrogens with one attached hydrogen (secondary N) is 1. The van der Waals surface area contributed by atoms with Gasteiger partial charge < -0.3 is 19.7 Å². The highest BCUT2D eigenvalue weighted by molar-refractivity contribution is 6.15. The van der Waals surface area contributed by atoms with Crippen molar-refractivity contribution in [3.8, 4) is 11.5 Å². The SMILES string of the molecule is COc1ccc(/C=C2\NC(=O)N(CC(=O)N3CCCCC3)C2=O)cc1OC. The summed E-state index contributed by atoms with van der Waals surface area (Å²) in [6.07, 6.45) is 4.56. The molecule has 144 valence electrons. The summed E-state index contributed by atoms with van der Waals surface area (Å²) in [5.74, 6) is 0.363. The first-order valence-corrected chi connectivity index (χ1v) is 8.88. The van der Waals surface area contributed by atoms with Crippen molar-refractivity contribution in [3.63, 3.8) is 0 Å². The van der Waals surface area contributed by atoms with E-state index in [4.69, 9.17) is 9.47 Å². The second kappa shape index (κ2) is 8.11. The van der Waals surface area contributed by atoms with Gasteiger partial charge in [0, 0.05) is 13.1 Å². The van der Waals surface area contributed by atoms with Crippen molar-refractivity contribution < 1.29 is 23.9 Å². The lowest BCUT2D eigenvalue weighted by Crippen LogP contribution is -2.44. The predicted molar refractivity (Wildman–Crippen MR) is 98.2 cm³/mol. The molecule has 0 radical (unpaired) electrons. The van der Waals surface area contributed by atoms with Crippen LogP contribution in [-0.2, 0) is 9.59 Å². The number of rotatable bonds is 5. The van der Waals surface area contributed by atoms with Gasteiger partial charge in [0.1, 0.15) is 12.2 Å². The molecule has 2 saturated heterocycles. The van der Waals surface area contributed by atoms with E-state index in [-0.39, 0.29) is 18.1 Å². The van der Waals surface area contributed by atoms with Gasteiger partial charge in [-0.1, -0.05) is 6.07 Å². The van der Waals surface area contributed by atoms with Crippen LogP contribution in [0.4, 0.5) is 4.79 Å². The Hall–Kier alpha value is -3.03. The number of urea groups is 1. The summed E-state index contributed by atoms with van der Waals surface area (Å²) in [6, 6.07) is 4.57. The molecule has 8 heteroatoms. The van der Waals surface area contributed by atoms with Gasteiger partial charge in [-0.15, -0.1) is 0 Å². The van der Waals surface area contributed by atoms with Gasteiger partial charge in [-0.05, 0) is 43.0 Å². The Balaban J connectivity index is 1.73. The summed E-state index contributed by atoms with van der Waals surface area (Å²) < 4.78 is 10.4. The zero-order chi connectivity index (χ0) is 19.4. The molecule has 1 N–H and O–H groups in total. The Kier molecular flexibility index (Phi) is 5.63. The quantitative estimate of drug-likeness (QED) is 0.626. The maximum atomic E-state index is 12.6. The van der Waals surface area contributed by atoms with Crippen molar-refractivity contribution in [2.75, 3.05) is 33.9 Å². The van der Waals surface area contributed by atoms with E-state index < -0.39 is 11.9 Å². The van der Waals surface area contributed by atoms with Crippen molar-refractivity contribution in [2.45, 2.75) is 19.3 Å². The fraction of sp³-hybridized carbons (Fsp3) is 0.421. The normalized spacial score (nSPS) is 18.7. The van der Waals surface area contributed by atoms with Crippen LogP contribution in [0.3, 0.4) is 0 Å². The fourth-order valence-corrected chi connectivity index (χ4v) is 3.20. The molecule has 0 atom stereocenters. The van der Waals surface area contributed by atoms with Crippen LogP contribution < -0.4 is 14.8 Å². The van der Waals surface area contributed by atoms with Gasteiger partial charge >= 0.3 is 6.03 Å². The third-order valence-corrected chi connectivity index (χ3v) is 4.68. The van der Waals surface area contributed by atoms with Crippen molar-refractivity contribution in [1.29, 1.82) is 0 Å². The Morgan fingerprint density at radius 2 is 1.81 bits per heavy atom. The molecule has 0 unspecified atom stereocenters. The summed E-state index contributed by atoms with van der Waals surface area (Å²) in [5, 5.41) is 2.53. The average Bonchev–Trinajstić information content (AvgIpc) is 2.95. The highest BCUT2D eigenvalue weighted by Crippen LogP contribution is 2.28. The van der Waals surface area contributed by atoms with Gasteiger partial charge in [0.2, 0.25) is 5.91 Å². The number of carbonyl (C=O) groups is 3. The van der Waals surface area contributed by atoms with Crippen molar-refractivity contribution in [1.82, 2.24) is 15.1 Å². The molecule has 1 aromatic rings.